The summed E-state index contributed by atoms with van der Waals surface area (Å²) in [7, 11) is 1.76. The monoisotopic (exact) mass is 532 g/mol. The summed E-state index contributed by atoms with van der Waals surface area (Å²) in [6.45, 7) is 8.74. The molecule has 0 aliphatic carbocycles. The van der Waals surface area contributed by atoms with Crippen molar-refractivity contribution in [3.63, 3.8) is 0 Å². The summed E-state index contributed by atoms with van der Waals surface area (Å²) >= 11 is 0. The van der Waals surface area contributed by atoms with Crippen LogP contribution in [0.1, 0.15) is 38.7 Å². The summed E-state index contributed by atoms with van der Waals surface area (Å²) in [5.74, 6) is 2.13. The molecule has 2 heterocycles. The lowest BCUT2D eigenvalue weighted by molar-refractivity contribution is -0.122. The number of aromatic nitrogens is 1. The number of carbonyl (C=O) groups is 1. The largest absolute Gasteiger partial charge is 0.380 e. The van der Waals surface area contributed by atoms with Crippen LogP contribution in [0.25, 0.3) is 0 Å². The van der Waals surface area contributed by atoms with Gasteiger partial charge in [0.05, 0.1) is 6.61 Å². The molecule has 1 aromatic heterocycles. The van der Waals surface area contributed by atoms with E-state index in [-0.39, 0.29) is 35.8 Å². The van der Waals surface area contributed by atoms with E-state index in [0.717, 1.165) is 56.3 Å². The van der Waals surface area contributed by atoms with Gasteiger partial charge in [-0.25, -0.2) is 4.98 Å². The molecule has 1 amide bonds. The number of amides is 1. The Kier molecular flexibility index (Phi) is 12.7. The maximum atomic E-state index is 11.4. The summed E-state index contributed by atoms with van der Waals surface area (Å²) in [5, 5.41) is 6.62. The second-order valence-electron chi connectivity index (χ2n) is 7.80. The van der Waals surface area contributed by atoms with E-state index in [9.17, 15) is 4.79 Å². The SMILES string of the molecule is CN=C(NCCOCCC(C)C)NCc1cccnc1N1CCC(C(N)=O)CC1.I. The molecule has 0 bridgehead atoms. The van der Waals surface area contributed by atoms with Crippen LogP contribution in [0.4, 0.5) is 5.82 Å². The molecule has 1 saturated heterocycles. The second kappa shape index (κ2) is 14.4. The highest BCUT2D eigenvalue weighted by Crippen LogP contribution is 2.24. The first-order valence-electron chi connectivity index (χ1n) is 10.5. The van der Waals surface area contributed by atoms with Crippen molar-refractivity contribution in [1.82, 2.24) is 15.6 Å². The van der Waals surface area contributed by atoms with Crippen molar-refractivity contribution in [2.24, 2.45) is 22.6 Å². The zero-order valence-corrected chi connectivity index (χ0v) is 20.7. The molecular weight excluding hydrogens is 495 g/mol. The number of anilines is 1. The maximum absolute atomic E-state index is 11.4. The maximum Gasteiger partial charge on any atom is 0.220 e. The Morgan fingerprint density at radius 1 is 1.33 bits per heavy atom. The van der Waals surface area contributed by atoms with E-state index in [0.29, 0.717) is 25.6 Å². The minimum atomic E-state index is -0.199. The molecule has 0 spiro atoms. The van der Waals surface area contributed by atoms with Crippen LogP contribution in [0.3, 0.4) is 0 Å². The van der Waals surface area contributed by atoms with Crippen LogP contribution in [-0.2, 0) is 16.1 Å². The van der Waals surface area contributed by atoms with Crippen LogP contribution in [0.5, 0.6) is 0 Å². The summed E-state index contributed by atoms with van der Waals surface area (Å²) in [4.78, 5) is 22.5. The number of carbonyl (C=O) groups excluding carboxylic acids is 1. The molecule has 0 aromatic carbocycles. The molecule has 4 N–H and O–H groups in total. The van der Waals surface area contributed by atoms with Gasteiger partial charge in [0.25, 0.3) is 0 Å². The van der Waals surface area contributed by atoms with Crippen LogP contribution >= 0.6 is 24.0 Å². The number of hydrogen-bond donors (Lipinski definition) is 3. The van der Waals surface area contributed by atoms with E-state index in [4.69, 9.17) is 10.5 Å². The third-order valence-corrected chi connectivity index (χ3v) is 5.11. The van der Waals surface area contributed by atoms with Crippen molar-refractivity contribution in [2.75, 3.05) is 44.8 Å². The fourth-order valence-electron chi connectivity index (χ4n) is 3.29. The fraction of sp³-hybridized carbons (Fsp3) is 0.667. The third-order valence-electron chi connectivity index (χ3n) is 5.11. The number of nitrogens with one attached hydrogen (secondary N) is 2. The van der Waals surface area contributed by atoms with Gasteiger partial charge in [-0.2, -0.15) is 0 Å². The second-order valence-corrected chi connectivity index (χ2v) is 7.80. The van der Waals surface area contributed by atoms with E-state index in [1.165, 1.54) is 0 Å². The first-order valence-corrected chi connectivity index (χ1v) is 10.5. The molecule has 9 heteroatoms. The number of guanidine groups is 1. The molecule has 1 fully saturated rings. The minimum Gasteiger partial charge on any atom is -0.380 e. The molecule has 1 aliphatic heterocycles. The van der Waals surface area contributed by atoms with E-state index in [1.807, 2.05) is 6.07 Å². The number of ether oxygens (including phenoxy) is 1. The number of nitrogens with zero attached hydrogens (tertiary/aromatic N) is 3. The number of aliphatic imine (C=N–C) groups is 1. The molecule has 0 atom stereocenters. The zero-order valence-electron chi connectivity index (χ0n) is 18.4. The van der Waals surface area contributed by atoms with E-state index >= 15 is 0 Å². The van der Waals surface area contributed by atoms with Gasteiger partial charge in [-0.15, -0.1) is 24.0 Å². The molecule has 0 radical (unpaired) electrons. The molecular formula is C21H37IN6O2. The third kappa shape index (κ3) is 9.03. The van der Waals surface area contributed by atoms with Gasteiger partial charge in [0.1, 0.15) is 5.82 Å². The summed E-state index contributed by atoms with van der Waals surface area (Å²) in [6.07, 6.45) is 4.44. The van der Waals surface area contributed by atoms with Gasteiger partial charge >= 0.3 is 0 Å². The predicted molar refractivity (Wildman–Crippen MR) is 132 cm³/mol. The number of rotatable bonds is 10. The van der Waals surface area contributed by atoms with Gasteiger partial charge in [0.15, 0.2) is 5.96 Å². The van der Waals surface area contributed by atoms with E-state index < -0.39 is 0 Å². The Hall–Kier alpha value is -1.62. The van der Waals surface area contributed by atoms with Gasteiger partial charge in [0.2, 0.25) is 5.91 Å². The number of hydrogen-bond acceptors (Lipinski definition) is 5. The Morgan fingerprint density at radius 3 is 2.70 bits per heavy atom. The highest BCUT2D eigenvalue weighted by Gasteiger charge is 2.24. The Balaban J connectivity index is 0.00000450. The molecule has 1 aliphatic rings. The summed E-state index contributed by atoms with van der Waals surface area (Å²) < 4.78 is 5.63. The lowest BCUT2D eigenvalue weighted by atomic mass is 9.96. The van der Waals surface area contributed by atoms with Crippen LogP contribution in [0, 0.1) is 11.8 Å². The topological polar surface area (TPSA) is 105 Å². The van der Waals surface area contributed by atoms with E-state index in [1.54, 1.807) is 13.2 Å². The van der Waals surface area contributed by atoms with Crippen LogP contribution in [0.2, 0.25) is 0 Å². The van der Waals surface area contributed by atoms with Gasteiger partial charge in [-0.3, -0.25) is 9.79 Å². The summed E-state index contributed by atoms with van der Waals surface area (Å²) in [6, 6.07) is 4.01. The number of pyridine rings is 1. The average Bonchev–Trinajstić information content (AvgIpc) is 2.72. The normalized spacial score (nSPS) is 15.1. The molecule has 170 valence electrons. The van der Waals surface area contributed by atoms with Crippen molar-refractivity contribution < 1.29 is 9.53 Å². The van der Waals surface area contributed by atoms with Crippen molar-refractivity contribution in [3.05, 3.63) is 23.9 Å². The highest BCUT2D eigenvalue weighted by atomic mass is 127. The first kappa shape index (κ1) is 26.4. The quantitative estimate of drug-likeness (QED) is 0.185. The number of piperidine rings is 1. The fourth-order valence-corrected chi connectivity index (χ4v) is 3.29. The van der Waals surface area contributed by atoms with Crippen molar-refractivity contribution in [3.8, 4) is 0 Å². The first-order chi connectivity index (χ1) is 14.0. The van der Waals surface area contributed by atoms with Gasteiger partial charge in [-0.05, 0) is 31.2 Å². The molecule has 30 heavy (non-hydrogen) atoms. The molecule has 1 aromatic rings. The minimum absolute atomic E-state index is 0. The number of halogens is 1. The number of primary amides is 1. The van der Waals surface area contributed by atoms with Gasteiger partial charge in [-0.1, -0.05) is 19.9 Å². The number of nitrogens with two attached hydrogens (primary N) is 1. The van der Waals surface area contributed by atoms with Crippen LogP contribution in [0.15, 0.2) is 23.3 Å². The smallest absolute Gasteiger partial charge is 0.220 e. The van der Waals surface area contributed by atoms with Gasteiger partial charge < -0.3 is 26.0 Å². The molecule has 2 rings (SSSR count). The van der Waals surface area contributed by atoms with Crippen LogP contribution in [-0.4, -0.2) is 56.7 Å². The summed E-state index contributed by atoms with van der Waals surface area (Å²) in [5.41, 5.74) is 6.54. The standard InChI is InChI=1S/C21H36N6O2.HI/c1-16(2)8-13-29-14-10-25-21(23-3)26-15-18-5-4-9-24-20(18)27-11-6-17(7-12-27)19(22)28;/h4-5,9,16-17H,6-8,10-15H2,1-3H3,(H2,22,28)(H2,23,25,26);1H. The zero-order chi connectivity index (χ0) is 21.1. The highest BCUT2D eigenvalue weighted by molar-refractivity contribution is 14.0. The Bertz CT molecular complexity index is 663. The lowest BCUT2D eigenvalue weighted by Gasteiger charge is -2.32. The van der Waals surface area contributed by atoms with Crippen molar-refractivity contribution in [1.29, 1.82) is 0 Å². The predicted octanol–water partition coefficient (Wildman–Crippen LogP) is 2.13. The average molecular weight is 532 g/mol. The molecule has 0 saturated carbocycles. The van der Waals surface area contributed by atoms with E-state index in [2.05, 4.69) is 45.4 Å². The van der Waals surface area contributed by atoms with Gasteiger partial charge in [0, 0.05) is 57.5 Å². The lowest BCUT2D eigenvalue weighted by Crippen LogP contribution is -2.41. The Labute approximate surface area is 197 Å². The molecule has 8 nitrogen and oxygen atoms in total. The van der Waals surface area contributed by atoms with Crippen molar-refractivity contribution in [2.45, 2.75) is 39.7 Å². The molecule has 0 unspecified atom stereocenters. The Morgan fingerprint density at radius 2 is 2.07 bits per heavy atom. The van der Waals surface area contributed by atoms with Crippen molar-refractivity contribution >= 4 is 41.7 Å². The van der Waals surface area contributed by atoms with Crippen LogP contribution < -0.4 is 21.3 Å².